The third kappa shape index (κ3) is 3.49. The minimum atomic E-state index is -0.440. The van der Waals surface area contributed by atoms with Crippen LogP contribution in [0.2, 0.25) is 0 Å². The lowest BCUT2D eigenvalue weighted by atomic mass is 9.51. The zero-order chi connectivity index (χ0) is 19.1. The molecule has 3 aliphatic carbocycles. The molecule has 3 aliphatic rings. The molecular formula is C22H39NO3. The molecule has 3 rings (SSSR count). The molecule has 3 N–H and O–H groups in total. The lowest BCUT2D eigenvalue weighted by Crippen LogP contribution is -2.55. The predicted octanol–water partition coefficient (Wildman–Crippen LogP) is 3.16. The molecule has 0 radical (unpaired) electrons. The Morgan fingerprint density at radius 2 is 1.85 bits per heavy atom. The minimum absolute atomic E-state index is 0.142. The predicted molar refractivity (Wildman–Crippen MR) is 104 cm³/mol. The maximum atomic E-state index is 12.6. The van der Waals surface area contributed by atoms with Gasteiger partial charge in [-0.1, -0.05) is 27.7 Å². The number of carbonyl (C=O) groups is 1. The Balaban J connectivity index is 1.84. The van der Waals surface area contributed by atoms with Crippen molar-refractivity contribution in [3.05, 3.63) is 0 Å². The topological polar surface area (TPSA) is 69.6 Å². The molecule has 26 heavy (non-hydrogen) atoms. The Morgan fingerprint density at radius 1 is 1.12 bits per heavy atom. The second-order valence-electron chi connectivity index (χ2n) is 10.3. The van der Waals surface area contributed by atoms with Gasteiger partial charge in [0.2, 0.25) is 0 Å². The van der Waals surface area contributed by atoms with Gasteiger partial charge < -0.3 is 15.5 Å². The summed E-state index contributed by atoms with van der Waals surface area (Å²) in [7, 11) is 0. The van der Waals surface area contributed by atoms with Gasteiger partial charge in [0.05, 0.1) is 12.2 Å². The standard InChI is InChI=1S/C22H39NO3/c1-14(2)12-23-13-16-17-5-6-19(25)21(17,3)10-8-18(16)22(4)9-7-15(24)11-20(22)26/h14-18,20,23-24,26H,5-13H2,1-4H3/t15-,16-,17?,18?,20-,21-,22+/m0/s1. The third-order valence-corrected chi connectivity index (χ3v) is 8.20. The summed E-state index contributed by atoms with van der Waals surface area (Å²) in [6, 6.07) is 0. The summed E-state index contributed by atoms with van der Waals surface area (Å²) in [4.78, 5) is 12.6. The average molecular weight is 366 g/mol. The van der Waals surface area contributed by atoms with E-state index in [4.69, 9.17) is 0 Å². The molecular weight excluding hydrogens is 326 g/mol. The Hall–Kier alpha value is -0.450. The maximum absolute atomic E-state index is 12.6. The van der Waals surface area contributed by atoms with Crippen molar-refractivity contribution in [2.75, 3.05) is 13.1 Å². The van der Waals surface area contributed by atoms with Crippen LogP contribution in [-0.2, 0) is 4.79 Å². The number of hydrogen-bond donors (Lipinski definition) is 3. The van der Waals surface area contributed by atoms with Gasteiger partial charge in [0.15, 0.2) is 0 Å². The fourth-order valence-corrected chi connectivity index (χ4v) is 6.42. The number of carbonyl (C=O) groups excluding carboxylic acids is 1. The number of Topliss-reactive ketones (excluding diaryl/α,β-unsaturated/α-hetero) is 1. The monoisotopic (exact) mass is 365 g/mol. The molecule has 0 aromatic rings. The van der Waals surface area contributed by atoms with Gasteiger partial charge in [0.25, 0.3) is 0 Å². The van der Waals surface area contributed by atoms with Crippen molar-refractivity contribution >= 4 is 5.78 Å². The number of ketones is 1. The van der Waals surface area contributed by atoms with Crippen LogP contribution in [0.3, 0.4) is 0 Å². The summed E-state index contributed by atoms with van der Waals surface area (Å²) in [5, 5.41) is 24.5. The molecule has 3 saturated carbocycles. The minimum Gasteiger partial charge on any atom is -0.393 e. The summed E-state index contributed by atoms with van der Waals surface area (Å²) < 4.78 is 0. The van der Waals surface area contributed by atoms with Crippen LogP contribution in [0.5, 0.6) is 0 Å². The second kappa shape index (κ2) is 7.52. The Bertz CT molecular complexity index is 522. The van der Waals surface area contributed by atoms with E-state index in [1.165, 1.54) is 0 Å². The Kier molecular flexibility index (Phi) is 5.87. The van der Waals surface area contributed by atoms with E-state index in [0.29, 0.717) is 35.9 Å². The molecule has 0 aliphatic heterocycles. The number of rotatable bonds is 5. The van der Waals surface area contributed by atoms with Gasteiger partial charge >= 0.3 is 0 Å². The fraction of sp³-hybridized carbons (Fsp3) is 0.955. The highest BCUT2D eigenvalue weighted by Gasteiger charge is 2.58. The molecule has 150 valence electrons. The number of nitrogens with one attached hydrogen (secondary N) is 1. The van der Waals surface area contributed by atoms with Crippen molar-refractivity contribution in [3.8, 4) is 0 Å². The highest BCUT2D eigenvalue weighted by molar-refractivity contribution is 5.87. The molecule has 3 fully saturated rings. The van der Waals surface area contributed by atoms with E-state index in [1.807, 2.05) is 0 Å². The zero-order valence-corrected chi connectivity index (χ0v) is 17.1. The van der Waals surface area contributed by atoms with E-state index in [1.54, 1.807) is 0 Å². The van der Waals surface area contributed by atoms with Gasteiger partial charge in [-0.15, -0.1) is 0 Å². The normalized spacial score (nSPS) is 46.6. The zero-order valence-electron chi connectivity index (χ0n) is 17.1. The highest BCUT2D eigenvalue weighted by atomic mass is 16.3. The van der Waals surface area contributed by atoms with Crippen LogP contribution in [0.25, 0.3) is 0 Å². The molecule has 4 heteroatoms. The van der Waals surface area contributed by atoms with Gasteiger partial charge in [-0.05, 0) is 80.7 Å². The van der Waals surface area contributed by atoms with Gasteiger partial charge in [-0.3, -0.25) is 4.79 Å². The molecule has 0 bridgehead atoms. The first-order valence-electron chi connectivity index (χ1n) is 10.8. The summed E-state index contributed by atoms with van der Waals surface area (Å²) in [6.45, 7) is 10.8. The van der Waals surface area contributed by atoms with Crippen molar-refractivity contribution in [3.63, 3.8) is 0 Å². The molecule has 0 aromatic carbocycles. The molecule has 4 nitrogen and oxygen atoms in total. The van der Waals surface area contributed by atoms with Crippen molar-refractivity contribution in [2.24, 2.45) is 34.5 Å². The Morgan fingerprint density at radius 3 is 2.50 bits per heavy atom. The summed E-state index contributed by atoms with van der Waals surface area (Å²) >= 11 is 0. The van der Waals surface area contributed by atoms with Crippen LogP contribution >= 0.6 is 0 Å². The molecule has 0 amide bonds. The van der Waals surface area contributed by atoms with E-state index in [-0.39, 0.29) is 16.9 Å². The van der Waals surface area contributed by atoms with E-state index < -0.39 is 6.10 Å². The molecule has 0 heterocycles. The van der Waals surface area contributed by atoms with Gasteiger partial charge in [0.1, 0.15) is 5.78 Å². The first-order valence-corrected chi connectivity index (χ1v) is 10.8. The van der Waals surface area contributed by atoms with Crippen LogP contribution in [0.4, 0.5) is 0 Å². The van der Waals surface area contributed by atoms with Crippen molar-refractivity contribution < 1.29 is 15.0 Å². The first kappa shape index (κ1) is 20.3. The first-order chi connectivity index (χ1) is 12.2. The van der Waals surface area contributed by atoms with Gasteiger partial charge in [-0.2, -0.15) is 0 Å². The summed E-state index contributed by atoms with van der Waals surface area (Å²) in [5.74, 6) is 2.37. The van der Waals surface area contributed by atoms with Crippen LogP contribution in [0, 0.1) is 34.5 Å². The molecule has 2 unspecified atom stereocenters. The van der Waals surface area contributed by atoms with E-state index in [2.05, 4.69) is 33.0 Å². The maximum Gasteiger partial charge on any atom is 0.139 e. The number of fused-ring (bicyclic) bond motifs is 1. The summed E-state index contributed by atoms with van der Waals surface area (Å²) in [5.41, 5.74) is -0.299. The van der Waals surface area contributed by atoms with Crippen LogP contribution in [0.15, 0.2) is 0 Å². The lowest BCUT2D eigenvalue weighted by molar-refractivity contribution is -0.140. The van der Waals surface area contributed by atoms with Gasteiger partial charge in [-0.25, -0.2) is 0 Å². The lowest BCUT2D eigenvalue weighted by Gasteiger charge is -2.55. The Labute approximate surface area is 159 Å². The van der Waals surface area contributed by atoms with E-state index in [9.17, 15) is 15.0 Å². The average Bonchev–Trinajstić information content (AvgIpc) is 2.87. The van der Waals surface area contributed by atoms with Crippen molar-refractivity contribution in [1.82, 2.24) is 5.32 Å². The summed E-state index contributed by atoms with van der Waals surface area (Å²) in [6.07, 6.45) is 5.10. The molecule has 0 aromatic heterocycles. The molecule has 7 atom stereocenters. The van der Waals surface area contributed by atoms with Crippen LogP contribution in [-0.4, -0.2) is 41.3 Å². The number of aliphatic hydroxyl groups excluding tert-OH is 2. The SMILES string of the molecule is CC(C)CNC[C@H]1C2CCC(=O)[C@@]2(C)CCC1[C@@]1(C)CC[C@H](O)C[C@@H]1O. The fourth-order valence-electron chi connectivity index (χ4n) is 6.42. The van der Waals surface area contributed by atoms with Crippen LogP contribution in [0.1, 0.15) is 72.6 Å². The molecule has 0 spiro atoms. The smallest absolute Gasteiger partial charge is 0.139 e. The second-order valence-corrected chi connectivity index (χ2v) is 10.3. The van der Waals surface area contributed by atoms with Crippen molar-refractivity contribution in [1.29, 1.82) is 0 Å². The number of aliphatic hydroxyl groups is 2. The number of hydrogen-bond acceptors (Lipinski definition) is 4. The van der Waals surface area contributed by atoms with Crippen molar-refractivity contribution in [2.45, 2.75) is 84.8 Å². The van der Waals surface area contributed by atoms with E-state index >= 15 is 0 Å². The highest BCUT2D eigenvalue weighted by Crippen LogP contribution is 2.59. The van der Waals surface area contributed by atoms with E-state index in [0.717, 1.165) is 51.6 Å². The quantitative estimate of drug-likeness (QED) is 0.700. The van der Waals surface area contributed by atoms with Gasteiger partial charge in [0, 0.05) is 11.8 Å². The van der Waals surface area contributed by atoms with Crippen LogP contribution < -0.4 is 5.32 Å². The third-order valence-electron chi connectivity index (χ3n) is 8.20. The largest absolute Gasteiger partial charge is 0.393 e. The molecule has 0 saturated heterocycles.